The van der Waals surface area contributed by atoms with Gasteiger partial charge in [-0.15, -0.1) is 0 Å². The van der Waals surface area contributed by atoms with Crippen LogP contribution in [0.1, 0.15) is 17.2 Å². The Morgan fingerprint density at radius 1 is 1.15 bits per heavy atom. The maximum Gasteiger partial charge on any atom is 0.119 e. The zero-order valence-corrected chi connectivity index (χ0v) is 15.8. The minimum Gasteiger partial charge on any atom is -0.491 e. The monoisotopic (exact) mass is 365 g/mol. The fourth-order valence-electron chi connectivity index (χ4n) is 3.48. The molecular formula is C22H27N3O2. The minimum atomic E-state index is -0.557. The van der Waals surface area contributed by atoms with Crippen LogP contribution in [0.2, 0.25) is 0 Å². The van der Waals surface area contributed by atoms with Crippen LogP contribution in [-0.4, -0.2) is 60.8 Å². The number of aliphatic hydroxyl groups is 1. The van der Waals surface area contributed by atoms with Crippen molar-refractivity contribution in [2.45, 2.75) is 18.6 Å². The first-order valence-electron chi connectivity index (χ1n) is 9.40. The summed E-state index contributed by atoms with van der Waals surface area (Å²) in [6, 6.07) is 20.4. The Kier molecular flexibility index (Phi) is 6.83. The van der Waals surface area contributed by atoms with Crippen molar-refractivity contribution in [2.75, 3.05) is 39.8 Å². The number of rotatable bonds is 7. The van der Waals surface area contributed by atoms with E-state index in [0.717, 1.165) is 25.2 Å². The molecule has 5 nitrogen and oxygen atoms in total. The van der Waals surface area contributed by atoms with E-state index in [-0.39, 0.29) is 12.6 Å². The molecular weight excluding hydrogens is 338 g/mol. The summed E-state index contributed by atoms with van der Waals surface area (Å²) < 4.78 is 5.73. The second-order valence-corrected chi connectivity index (χ2v) is 7.13. The smallest absolute Gasteiger partial charge is 0.119 e. The van der Waals surface area contributed by atoms with Crippen LogP contribution in [0.4, 0.5) is 0 Å². The van der Waals surface area contributed by atoms with E-state index in [2.05, 4.69) is 47.2 Å². The summed E-state index contributed by atoms with van der Waals surface area (Å²) in [7, 11) is 2.14. The molecule has 5 heteroatoms. The molecule has 142 valence electrons. The first-order valence-corrected chi connectivity index (χ1v) is 9.40. The molecule has 2 unspecified atom stereocenters. The summed E-state index contributed by atoms with van der Waals surface area (Å²) in [4.78, 5) is 4.68. The van der Waals surface area contributed by atoms with Gasteiger partial charge in [-0.25, -0.2) is 0 Å². The molecule has 0 saturated carbocycles. The van der Waals surface area contributed by atoms with Gasteiger partial charge in [-0.1, -0.05) is 42.5 Å². The molecule has 0 bridgehead atoms. The van der Waals surface area contributed by atoms with Gasteiger partial charge >= 0.3 is 0 Å². The number of nitrogens with zero attached hydrogens (tertiary/aromatic N) is 3. The molecule has 0 radical (unpaired) electrons. The van der Waals surface area contributed by atoms with Crippen molar-refractivity contribution in [1.29, 1.82) is 5.26 Å². The molecule has 2 atom stereocenters. The number of hydrogen-bond acceptors (Lipinski definition) is 5. The molecule has 1 heterocycles. The Balaban J connectivity index is 1.55. The first-order chi connectivity index (χ1) is 13.2. The number of aliphatic hydroxyl groups excluding tert-OH is 1. The lowest BCUT2D eigenvalue weighted by molar-refractivity contribution is 0.0217. The normalized spacial score (nSPS) is 19.4. The predicted octanol–water partition coefficient (Wildman–Crippen LogP) is 2.48. The molecule has 0 spiro atoms. The molecule has 2 aromatic rings. The highest BCUT2D eigenvalue weighted by Gasteiger charge is 2.28. The van der Waals surface area contributed by atoms with Gasteiger partial charge in [0.05, 0.1) is 12.5 Å². The molecule has 27 heavy (non-hydrogen) atoms. The lowest BCUT2D eigenvalue weighted by Gasteiger charge is -2.41. The van der Waals surface area contributed by atoms with Crippen LogP contribution >= 0.6 is 0 Å². The standard InChI is InChI=1S/C22H27N3O2/c1-24-13-14-25(22(16-24)19-5-3-2-4-6-19)15-20(26)17-27-21-9-7-18(8-10-21)11-12-23/h2-10,20,22,26H,11,13-17H2,1H3. The number of β-amino-alcohol motifs (C(OH)–C–C–N with tert-alkyl or cyclic N) is 1. The highest BCUT2D eigenvalue weighted by Crippen LogP contribution is 2.25. The van der Waals surface area contributed by atoms with Crippen LogP contribution in [0.3, 0.4) is 0 Å². The van der Waals surface area contributed by atoms with Gasteiger partial charge < -0.3 is 14.7 Å². The number of ether oxygens (including phenoxy) is 1. The summed E-state index contributed by atoms with van der Waals surface area (Å²) in [5.74, 6) is 0.716. The Labute approximate surface area is 161 Å². The third-order valence-corrected chi connectivity index (χ3v) is 4.97. The highest BCUT2D eigenvalue weighted by molar-refractivity contribution is 5.28. The second kappa shape index (κ2) is 9.52. The molecule has 1 saturated heterocycles. The summed E-state index contributed by atoms with van der Waals surface area (Å²) in [6.07, 6.45) is -0.161. The summed E-state index contributed by atoms with van der Waals surface area (Å²) in [5.41, 5.74) is 2.25. The van der Waals surface area contributed by atoms with Crippen LogP contribution in [0.15, 0.2) is 54.6 Å². The largest absolute Gasteiger partial charge is 0.491 e. The maximum atomic E-state index is 10.5. The van der Waals surface area contributed by atoms with E-state index in [1.54, 1.807) is 0 Å². The topological polar surface area (TPSA) is 59.7 Å². The Morgan fingerprint density at radius 3 is 2.59 bits per heavy atom. The summed E-state index contributed by atoms with van der Waals surface area (Å²) in [6.45, 7) is 3.72. The third kappa shape index (κ3) is 5.54. The molecule has 0 aliphatic carbocycles. The van der Waals surface area contributed by atoms with Gasteiger partial charge in [0.1, 0.15) is 18.5 Å². The van der Waals surface area contributed by atoms with Crippen molar-refractivity contribution in [1.82, 2.24) is 9.80 Å². The van der Waals surface area contributed by atoms with Crippen molar-refractivity contribution in [3.05, 3.63) is 65.7 Å². The number of nitriles is 1. The van der Waals surface area contributed by atoms with Gasteiger partial charge in [-0.2, -0.15) is 5.26 Å². The quantitative estimate of drug-likeness (QED) is 0.817. The lowest BCUT2D eigenvalue weighted by Crippen LogP contribution is -2.49. The zero-order valence-electron chi connectivity index (χ0n) is 15.8. The Hall–Kier alpha value is -2.39. The van der Waals surface area contributed by atoms with Gasteiger partial charge in [-0.05, 0) is 30.3 Å². The molecule has 1 aliphatic heterocycles. The van der Waals surface area contributed by atoms with Gasteiger partial charge in [0.15, 0.2) is 0 Å². The maximum absolute atomic E-state index is 10.5. The molecule has 0 aromatic heterocycles. The van der Waals surface area contributed by atoms with Crippen molar-refractivity contribution >= 4 is 0 Å². The highest BCUT2D eigenvalue weighted by atomic mass is 16.5. The Morgan fingerprint density at radius 2 is 1.89 bits per heavy atom. The van der Waals surface area contributed by atoms with E-state index in [0.29, 0.717) is 18.7 Å². The van der Waals surface area contributed by atoms with Gasteiger partial charge in [0.2, 0.25) is 0 Å². The number of hydrogen-bond donors (Lipinski definition) is 1. The van der Waals surface area contributed by atoms with Gasteiger partial charge in [0, 0.05) is 32.2 Å². The van der Waals surface area contributed by atoms with E-state index in [1.807, 2.05) is 30.3 Å². The van der Waals surface area contributed by atoms with Crippen LogP contribution < -0.4 is 4.74 Å². The van der Waals surface area contributed by atoms with Crippen LogP contribution in [0.25, 0.3) is 0 Å². The minimum absolute atomic E-state index is 0.255. The van der Waals surface area contributed by atoms with Crippen LogP contribution in [0.5, 0.6) is 5.75 Å². The fraction of sp³-hybridized carbons (Fsp3) is 0.409. The molecule has 1 aliphatic rings. The van der Waals surface area contributed by atoms with Gasteiger partial charge in [-0.3, -0.25) is 4.90 Å². The first kappa shape index (κ1) is 19.4. The second-order valence-electron chi connectivity index (χ2n) is 7.13. The average molecular weight is 365 g/mol. The number of likely N-dealkylation sites (N-methyl/N-ethyl adjacent to an activating group) is 1. The Bertz CT molecular complexity index is 742. The van der Waals surface area contributed by atoms with Crippen LogP contribution in [0, 0.1) is 11.3 Å². The predicted molar refractivity (Wildman–Crippen MR) is 106 cm³/mol. The van der Waals surface area contributed by atoms with Crippen molar-refractivity contribution in [3.8, 4) is 11.8 Å². The van der Waals surface area contributed by atoms with Crippen molar-refractivity contribution < 1.29 is 9.84 Å². The zero-order chi connectivity index (χ0) is 19.1. The van der Waals surface area contributed by atoms with E-state index < -0.39 is 6.10 Å². The van der Waals surface area contributed by atoms with E-state index in [9.17, 15) is 5.11 Å². The van der Waals surface area contributed by atoms with Crippen LogP contribution in [-0.2, 0) is 6.42 Å². The third-order valence-electron chi connectivity index (χ3n) is 4.97. The summed E-state index contributed by atoms with van der Waals surface area (Å²) in [5, 5.41) is 19.2. The van der Waals surface area contributed by atoms with Crippen molar-refractivity contribution in [2.24, 2.45) is 0 Å². The molecule has 1 fully saturated rings. The molecule has 3 rings (SSSR count). The fourth-order valence-corrected chi connectivity index (χ4v) is 3.48. The van der Waals surface area contributed by atoms with Crippen molar-refractivity contribution in [3.63, 3.8) is 0 Å². The SMILES string of the molecule is CN1CCN(CC(O)COc2ccc(CC#N)cc2)C(c2ccccc2)C1. The number of piperazine rings is 1. The molecule has 0 amide bonds. The number of benzene rings is 2. The average Bonchev–Trinajstić information content (AvgIpc) is 2.70. The lowest BCUT2D eigenvalue weighted by atomic mass is 10.0. The van der Waals surface area contributed by atoms with E-state index in [1.165, 1.54) is 5.56 Å². The summed E-state index contributed by atoms with van der Waals surface area (Å²) >= 11 is 0. The van der Waals surface area contributed by atoms with Gasteiger partial charge in [0.25, 0.3) is 0 Å². The molecule has 2 aromatic carbocycles. The molecule has 1 N–H and O–H groups in total. The van der Waals surface area contributed by atoms with E-state index >= 15 is 0 Å². The van der Waals surface area contributed by atoms with E-state index in [4.69, 9.17) is 10.00 Å².